The van der Waals surface area contributed by atoms with Crippen LogP contribution in [0.4, 0.5) is 0 Å². The molecule has 0 saturated carbocycles. The molecule has 7 heteroatoms. The normalized spacial score (nSPS) is 13.2. The van der Waals surface area contributed by atoms with Crippen molar-refractivity contribution in [2.75, 3.05) is 20.7 Å². The van der Waals surface area contributed by atoms with E-state index in [1.807, 2.05) is 0 Å². The number of hydrogen-bond acceptors (Lipinski definition) is 4. The van der Waals surface area contributed by atoms with E-state index < -0.39 is 21.9 Å². The van der Waals surface area contributed by atoms with Crippen LogP contribution in [0.15, 0.2) is 17.0 Å². The summed E-state index contributed by atoms with van der Waals surface area (Å²) in [7, 11) is -0.824. The van der Waals surface area contributed by atoms with E-state index in [4.69, 9.17) is 9.84 Å². The molecule has 118 valence electrons. The van der Waals surface area contributed by atoms with E-state index in [-0.39, 0.29) is 11.4 Å². The second-order valence-electron chi connectivity index (χ2n) is 5.11. The first-order valence-electron chi connectivity index (χ1n) is 6.45. The van der Waals surface area contributed by atoms with Crippen LogP contribution in [0.3, 0.4) is 0 Å². The number of carbonyl (C=O) groups is 1. The van der Waals surface area contributed by atoms with Crippen LogP contribution < -0.4 is 4.74 Å². The first kappa shape index (κ1) is 17.5. The molecule has 1 N–H and O–H groups in total. The quantitative estimate of drug-likeness (QED) is 0.863. The van der Waals surface area contributed by atoms with E-state index in [0.29, 0.717) is 16.9 Å². The SMILES string of the molecule is COc1cc(C)c(S(=O)(=O)N(C)CC(C)C(=O)O)cc1C. The fourth-order valence-electron chi connectivity index (χ4n) is 1.99. The van der Waals surface area contributed by atoms with Crippen LogP contribution >= 0.6 is 0 Å². The van der Waals surface area contributed by atoms with E-state index in [2.05, 4.69) is 0 Å². The first-order valence-corrected chi connectivity index (χ1v) is 7.89. The highest BCUT2D eigenvalue weighted by Gasteiger charge is 2.26. The molecule has 1 rings (SSSR count). The number of aliphatic carboxylic acids is 1. The molecule has 0 amide bonds. The van der Waals surface area contributed by atoms with Gasteiger partial charge in [0.2, 0.25) is 10.0 Å². The summed E-state index contributed by atoms with van der Waals surface area (Å²) in [5.74, 6) is -1.18. The van der Waals surface area contributed by atoms with Gasteiger partial charge in [0.25, 0.3) is 0 Å². The molecular formula is C14H21NO5S. The highest BCUT2D eigenvalue weighted by Crippen LogP contribution is 2.27. The maximum absolute atomic E-state index is 12.6. The molecule has 0 spiro atoms. The van der Waals surface area contributed by atoms with Crippen molar-refractivity contribution in [1.29, 1.82) is 0 Å². The van der Waals surface area contributed by atoms with Crippen LogP contribution in [0.5, 0.6) is 5.75 Å². The molecule has 21 heavy (non-hydrogen) atoms. The molecule has 0 bridgehead atoms. The average Bonchev–Trinajstić information content (AvgIpc) is 2.40. The molecule has 1 aromatic carbocycles. The van der Waals surface area contributed by atoms with Crippen LogP contribution in [0.25, 0.3) is 0 Å². The molecule has 6 nitrogen and oxygen atoms in total. The monoisotopic (exact) mass is 315 g/mol. The number of benzene rings is 1. The molecule has 0 aliphatic heterocycles. The lowest BCUT2D eigenvalue weighted by Gasteiger charge is -2.21. The van der Waals surface area contributed by atoms with Gasteiger partial charge in [-0.3, -0.25) is 4.79 Å². The Morgan fingerprint density at radius 3 is 2.38 bits per heavy atom. The summed E-state index contributed by atoms with van der Waals surface area (Å²) >= 11 is 0. The lowest BCUT2D eigenvalue weighted by molar-refractivity contribution is -0.141. The Morgan fingerprint density at radius 2 is 1.90 bits per heavy atom. The van der Waals surface area contributed by atoms with Gasteiger partial charge >= 0.3 is 5.97 Å². The number of aryl methyl sites for hydroxylation is 2. The van der Waals surface area contributed by atoms with E-state index in [9.17, 15) is 13.2 Å². The van der Waals surface area contributed by atoms with Crippen molar-refractivity contribution in [2.45, 2.75) is 25.7 Å². The zero-order valence-corrected chi connectivity index (χ0v) is 13.7. The summed E-state index contributed by atoms with van der Waals surface area (Å²) in [6.07, 6.45) is 0. The molecule has 0 radical (unpaired) electrons. The molecular weight excluding hydrogens is 294 g/mol. The Bertz CT molecular complexity index is 639. The van der Waals surface area contributed by atoms with Crippen molar-refractivity contribution in [3.8, 4) is 5.75 Å². The predicted molar refractivity (Wildman–Crippen MR) is 79.1 cm³/mol. The maximum Gasteiger partial charge on any atom is 0.307 e. The van der Waals surface area contributed by atoms with Crippen molar-refractivity contribution >= 4 is 16.0 Å². The molecule has 0 aromatic heterocycles. The molecule has 0 aliphatic rings. The summed E-state index contributed by atoms with van der Waals surface area (Å²) in [5.41, 5.74) is 1.27. The van der Waals surface area contributed by atoms with E-state index in [1.165, 1.54) is 21.1 Å². The van der Waals surface area contributed by atoms with E-state index >= 15 is 0 Å². The second kappa shape index (κ2) is 6.44. The van der Waals surface area contributed by atoms with Crippen LogP contribution in [-0.2, 0) is 14.8 Å². The Hall–Kier alpha value is -1.60. The third kappa shape index (κ3) is 3.74. The van der Waals surface area contributed by atoms with Crippen LogP contribution in [-0.4, -0.2) is 44.5 Å². The summed E-state index contributed by atoms with van der Waals surface area (Å²) in [5, 5.41) is 8.90. The smallest absolute Gasteiger partial charge is 0.307 e. The van der Waals surface area contributed by atoms with Gasteiger partial charge in [-0.05, 0) is 37.1 Å². The fourth-order valence-corrected chi connectivity index (χ4v) is 3.54. The summed E-state index contributed by atoms with van der Waals surface area (Å²) < 4.78 is 31.3. The van der Waals surface area contributed by atoms with Gasteiger partial charge in [-0.25, -0.2) is 12.7 Å². The fraction of sp³-hybridized carbons (Fsp3) is 0.500. The van der Waals surface area contributed by atoms with Gasteiger partial charge in [0.15, 0.2) is 0 Å². The van der Waals surface area contributed by atoms with Crippen molar-refractivity contribution in [2.24, 2.45) is 5.92 Å². The molecule has 0 aliphatic carbocycles. The summed E-state index contributed by atoms with van der Waals surface area (Å²) in [6, 6.07) is 3.21. The highest BCUT2D eigenvalue weighted by atomic mass is 32.2. The van der Waals surface area contributed by atoms with Crippen molar-refractivity contribution in [1.82, 2.24) is 4.31 Å². The van der Waals surface area contributed by atoms with Gasteiger partial charge in [0, 0.05) is 13.6 Å². The van der Waals surface area contributed by atoms with E-state index in [0.717, 1.165) is 4.31 Å². The average molecular weight is 315 g/mol. The maximum atomic E-state index is 12.6. The lowest BCUT2D eigenvalue weighted by Crippen LogP contribution is -2.34. The van der Waals surface area contributed by atoms with Gasteiger partial charge in [0.05, 0.1) is 17.9 Å². The molecule has 0 fully saturated rings. The highest BCUT2D eigenvalue weighted by molar-refractivity contribution is 7.89. The Labute approximate surface area is 125 Å². The minimum atomic E-state index is -3.73. The number of carboxylic acids is 1. The van der Waals surface area contributed by atoms with Gasteiger partial charge in [-0.1, -0.05) is 6.92 Å². The zero-order valence-electron chi connectivity index (χ0n) is 12.9. The van der Waals surface area contributed by atoms with Gasteiger partial charge in [-0.15, -0.1) is 0 Å². The number of nitrogens with zero attached hydrogens (tertiary/aromatic N) is 1. The van der Waals surface area contributed by atoms with Crippen molar-refractivity contribution in [3.63, 3.8) is 0 Å². The van der Waals surface area contributed by atoms with E-state index in [1.54, 1.807) is 26.0 Å². The largest absolute Gasteiger partial charge is 0.496 e. The lowest BCUT2D eigenvalue weighted by atomic mass is 10.1. The van der Waals surface area contributed by atoms with Gasteiger partial charge < -0.3 is 9.84 Å². The third-order valence-electron chi connectivity index (χ3n) is 3.33. The number of methoxy groups -OCH3 is 1. The molecule has 1 unspecified atom stereocenters. The predicted octanol–water partition coefficient (Wildman–Crippen LogP) is 1.65. The standard InChI is InChI=1S/C14H21NO5S/c1-9-7-13(10(2)6-12(9)20-5)21(18,19)15(4)8-11(3)14(16)17/h6-7,11H,8H2,1-5H3,(H,16,17). The van der Waals surface area contributed by atoms with Crippen LogP contribution in [0.1, 0.15) is 18.1 Å². The number of sulfonamides is 1. The van der Waals surface area contributed by atoms with Gasteiger partial charge in [-0.2, -0.15) is 0 Å². The van der Waals surface area contributed by atoms with Crippen molar-refractivity contribution in [3.05, 3.63) is 23.3 Å². The van der Waals surface area contributed by atoms with Crippen molar-refractivity contribution < 1.29 is 23.1 Å². The number of ether oxygens (including phenoxy) is 1. The summed E-state index contributed by atoms with van der Waals surface area (Å²) in [6.45, 7) is 4.84. The Balaban J connectivity index is 3.19. The number of hydrogen-bond donors (Lipinski definition) is 1. The minimum absolute atomic E-state index is 0.0812. The second-order valence-corrected chi connectivity index (χ2v) is 7.13. The number of rotatable bonds is 6. The zero-order chi connectivity index (χ0) is 16.4. The topological polar surface area (TPSA) is 83.9 Å². The molecule has 0 saturated heterocycles. The first-order chi connectivity index (χ1) is 9.61. The Morgan fingerprint density at radius 1 is 1.33 bits per heavy atom. The van der Waals surface area contributed by atoms with Crippen LogP contribution in [0.2, 0.25) is 0 Å². The van der Waals surface area contributed by atoms with Gasteiger partial charge in [0.1, 0.15) is 5.75 Å². The Kier molecular flexibility index (Phi) is 5.36. The molecule has 1 atom stereocenters. The molecule has 0 heterocycles. The minimum Gasteiger partial charge on any atom is -0.496 e. The van der Waals surface area contributed by atoms with Crippen LogP contribution in [0, 0.1) is 19.8 Å². The third-order valence-corrected chi connectivity index (χ3v) is 5.30. The summed E-state index contributed by atoms with van der Waals surface area (Å²) in [4.78, 5) is 11.0. The molecule has 1 aromatic rings. The number of carboxylic acid groups (broad SMARTS) is 1.